The van der Waals surface area contributed by atoms with Gasteiger partial charge >= 0.3 is 0 Å². The van der Waals surface area contributed by atoms with Crippen LogP contribution in [0.1, 0.15) is 18.4 Å². The van der Waals surface area contributed by atoms with Gasteiger partial charge in [-0.25, -0.2) is 0 Å². The fourth-order valence-corrected chi connectivity index (χ4v) is 3.11. The number of para-hydroxylation sites is 1. The van der Waals surface area contributed by atoms with Crippen LogP contribution >= 0.6 is 0 Å². The van der Waals surface area contributed by atoms with Crippen molar-refractivity contribution >= 4 is 5.91 Å². The molecule has 0 spiro atoms. The van der Waals surface area contributed by atoms with Crippen molar-refractivity contribution in [2.45, 2.75) is 25.4 Å². The van der Waals surface area contributed by atoms with Crippen LogP contribution < -0.4 is 15.4 Å². The zero-order valence-electron chi connectivity index (χ0n) is 14.1. The number of morpholine rings is 1. The molecule has 24 heavy (non-hydrogen) atoms. The topological polar surface area (TPSA) is 62.8 Å². The molecule has 1 aromatic carbocycles. The number of hydrogen-bond donors (Lipinski definition) is 2. The minimum absolute atomic E-state index is 0.0422. The molecule has 2 saturated heterocycles. The van der Waals surface area contributed by atoms with Gasteiger partial charge in [0, 0.05) is 31.7 Å². The smallest absolute Gasteiger partial charge is 0.237 e. The van der Waals surface area contributed by atoms with Gasteiger partial charge in [0.25, 0.3) is 0 Å². The van der Waals surface area contributed by atoms with Crippen molar-refractivity contribution in [1.29, 1.82) is 0 Å². The normalized spacial score (nSPS) is 21.6. The fraction of sp³-hybridized carbons (Fsp3) is 0.611. The third-order valence-corrected chi connectivity index (χ3v) is 4.57. The first kappa shape index (κ1) is 17.2. The summed E-state index contributed by atoms with van der Waals surface area (Å²) >= 11 is 0. The molecule has 1 aromatic rings. The Morgan fingerprint density at radius 2 is 2.17 bits per heavy atom. The second-order valence-electron chi connectivity index (χ2n) is 6.28. The molecular weight excluding hydrogens is 306 g/mol. The van der Waals surface area contributed by atoms with Crippen molar-refractivity contribution in [3.05, 3.63) is 29.8 Å². The van der Waals surface area contributed by atoms with Gasteiger partial charge in [-0.05, 0) is 25.5 Å². The molecule has 0 bridgehead atoms. The van der Waals surface area contributed by atoms with Crippen LogP contribution in [-0.4, -0.2) is 62.8 Å². The molecule has 1 atom stereocenters. The Kier molecular flexibility index (Phi) is 6.46. The van der Waals surface area contributed by atoms with Crippen LogP contribution in [0.3, 0.4) is 0 Å². The summed E-state index contributed by atoms with van der Waals surface area (Å²) in [5, 5.41) is 6.23. The van der Waals surface area contributed by atoms with Crippen LogP contribution in [0.25, 0.3) is 0 Å². The van der Waals surface area contributed by atoms with E-state index in [9.17, 15) is 4.79 Å². The molecule has 0 aliphatic carbocycles. The second-order valence-corrected chi connectivity index (χ2v) is 6.28. The maximum Gasteiger partial charge on any atom is 0.237 e. The SMILES string of the molecule is O=C(NCc1ccccc1OCCN1CCOCC1)[C@@H]1CCCN1. The standard InChI is InChI=1S/C18H27N3O3/c22-18(16-5-3-7-19-16)20-14-15-4-1-2-6-17(15)24-13-10-21-8-11-23-12-9-21/h1-2,4,6,16,19H,3,5,7-14H2,(H,20,22)/t16-/m0/s1. The van der Waals surface area contributed by atoms with E-state index >= 15 is 0 Å². The summed E-state index contributed by atoms with van der Waals surface area (Å²) in [6.07, 6.45) is 1.99. The molecule has 0 aromatic heterocycles. The van der Waals surface area contributed by atoms with E-state index < -0.39 is 0 Å². The number of amides is 1. The molecular formula is C18H27N3O3. The predicted octanol–water partition coefficient (Wildman–Crippen LogP) is 0.766. The quantitative estimate of drug-likeness (QED) is 0.772. The molecule has 6 heteroatoms. The van der Waals surface area contributed by atoms with Gasteiger partial charge in [-0.1, -0.05) is 18.2 Å². The first-order valence-electron chi connectivity index (χ1n) is 8.85. The highest BCUT2D eigenvalue weighted by Gasteiger charge is 2.21. The molecule has 1 amide bonds. The highest BCUT2D eigenvalue weighted by molar-refractivity contribution is 5.82. The minimum Gasteiger partial charge on any atom is -0.492 e. The number of carbonyl (C=O) groups excluding carboxylic acids is 1. The van der Waals surface area contributed by atoms with Crippen LogP contribution in [0.15, 0.2) is 24.3 Å². The third kappa shape index (κ3) is 4.93. The van der Waals surface area contributed by atoms with Gasteiger partial charge < -0.3 is 20.1 Å². The van der Waals surface area contributed by atoms with E-state index in [1.807, 2.05) is 24.3 Å². The van der Waals surface area contributed by atoms with E-state index in [0.29, 0.717) is 13.2 Å². The maximum atomic E-state index is 12.1. The lowest BCUT2D eigenvalue weighted by atomic mass is 10.2. The van der Waals surface area contributed by atoms with Gasteiger partial charge in [0.15, 0.2) is 0 Å². The van der Waals surface area contributed by atoms with Crippen LogP contribution in [0.2, 0.25) is 0 Å². The largest absolute Gasteiger partial charge is 0.492 e. The molecule has 2 fully saturated rings. The average Bonchev–Trinajstić information content (AvgIpc) is 3.16. The van der Waals surface area contributed by atoms with E-state index in [2.05, 4.69) is 15.5 Å². The van der Waals surface area contributed by atoms with E-state index in [4.69, 9.17) is 9.47 Å². The van der Waals surface area contributed by atoms with Crippen molar-refractivity contribution in [1.82, 2.24) is 15.5 Å². The zero-order chi connectivity index (χ0) is 16.6. The van der Waals surface area contributed by atoms with Gasteiger partial charge in [-0.15, -0.1) is 0 Å². The molecule has 2 aliphatic heterocycles. The lowest BCUT2D eigenvalue weighted by Gasteiger charge is -2.26. The number of hydrogen-bond acceptors (Lipinski definition) is 5. The Labute approximate surface area is 143 Å². The summed E-state index contributed by atoms with van der Waals surface area (Å²) in [5.74, 6) is 0.932. The summed E-state index contributed by atoms with van der Waals surface area (Å²) in [4.78, 5) is 14.5. The Balaban J connectivity index is 1.46. The zero-order valence-corrected chi connectivity index (χ0v) is 14.1. The number of benzene rings is 1. The van der Waals surface area contributed by atoms with E-state index in [-0.39, 0.29) is 11.9 Å². The summed E-state index contributed by atoms with van der Waals surface area (Å²) in [7, 11) is 0. The lowest BCUT2D eigenvalue weighted by Crippen LogP contribution is -2.40. The molecule has 2 heterocycles. The molecule has 132 valence electrons. The molecule has 2 N–H and O–H groups in total. The number of carbonyl (C=O) groups is 1. The average molecular weight is 333 g/mol. The number of nitrogens with one attached hydrogen (secondary N) is 2. The third-order valence-electron chi connectivity index (χ3n) is 4.57. The van der Waals surface area contributed by atoms with Crippen molar-refractivity contribution < 1.29 is 14.3 Å². The van der Waals surface area contributed by atoms with Crippen LogP contribution in [0, 0.1) is 0 Å². The molecule has 2 aliphatic rings. The molecule has 0 saturated carbocycles. The number of nitrogens with zero attached hydrogens (tertiary/aromatic N) is 1. The highest BCUT2D eigenvalue weighted by atomic mass is 16.5. The van der Waals surface area contributed by atoms with Crippen LogP contribution in [0.4, 0.5) is 0 Å². The van der Waals surface area contributed by atoms with Gasteiger partial charge in [0.05, 0.1) is 19.3 Å². The van der Waals surface area contributed by atoms with Crippen molar-refractivity contribution in [3.8, 4) is 5.75 Å². The van der Waals surface area contributed by atoms with Gasteiger partial charge in [0.1, 0.15) is 12.4 Å². The number of rotatable bonds is 7. The van der Waals surface area contributed by atoms with E-state index in [1.165, 1.54) is 0 Å². The minimum atomic E-state index is -0.0422. The predicted molar refractivity (Wildman–Crippen MR) is 92.1 cm³/mol. The van der Waals surface area contributed by atoms with Crippen molar-refractivity contribution in [2.24, 2.45) is 0 Å². The monoisotopic (exact) mass is 333 g/mol. The van der Waals surface area contributed by atoms with Crippen molar-refractivity contribution in [3.63, 3.8) is 0 Å². The first-order chi connectivity index (χ1) is 11.8. The van der Waals surface area contributed by atoms with Crippen LogP contribution in [0.5, 0.6) is 5.75 Å². The summed E-state index contributed by atoms with van der Waals surface area (Å²) in [6.45, 7) is 6.52. The maximum absolute atomic E-state index is 12.1. The van der Waals surface area contributed by atoms with Crippen LogP contribution in [-0.2, 0) is 16.1 Å². The van der Waals surface area contributed by atoms with Gasteiger partial charge in [-0.3, -0.25) is 9.69 Å². The molecule has 0 unspecified atom stereocenters. The fourth-order valence-electron chi connectivity index (χ4n) is 3.11. The molecule has 3 rings (SSSR count). The Hall–Kier alpha value is -1.63. The molecule has 0 radical (unpaired) electrons. The van der Waals surface area contributed by atoms with Gasteiger partial charge in [0.2, 0.25) is 5.91 Å². The van der Waals surface area contributed by atoms with Gasteiger partial charge in [-0.2, -0.15) is 0 Å². The van der Waals surface area contributed by atoms with E-state index in [0.717, 1.165) is 63.5 Å². The highest BCUT2D eigenvalue weighted by Crippen LogP contribution is 2.18. The summed E-state index contributed by atoms with van der Waals surface area (Å²) in [6, 6.07) is 7.87. The lowest BCUT2D eigenvalue weighted by molar-refractivity contribution is -0.122. The Morgan fingerprint density at radius 3 is 2.96 bits per heavy atom. The Morgan fingerprint density at radius 1 is 1.33 bits per heavy atom. The first-order valence-corrected chi connectivity index (χ1v) is 8.85. The summed E-state index contributed by atoms with van der Waals surface area (Å²) in [5.41, 5.74) is 1.02. The Bertz CT molecular complexity index is 526. The second kappa shape index (κ2) is 9.01. The number of ether oxygens (including phenoxy) is 2. The van der Waals surface area contributed by atoms with E-state index in [1.54, 1.807) is 0 Å². The van der Waals surface area contributed by atoms with Crippen molar-refractivity contribution in [2.75, 3.05) is 46.0 Å². The molecule has 6 nitrogen and oxygen atoms in total. The summed E-state index contributed by atoms with van der Waals surface area (Å²) < 4.78 is 11.3.